The first kappa shape index (κ1) is 22.4. The number of ether oxygens (including phenoxy) is 1. The van der Waals surface area contributed by atoms with Crippen molar-refractivity contribution in [1.29, 1.82) is 0 Å². The number of hydrogen-bond donors (Lipinski definition) is 0. The van der Waals surface area contributed by atoms with Crippen LogP contribution in [-0.4, -0.2) is 18.0 Å². The van der Waals surface area contributed by atoms with Crippen LogP contribution in [0.3, 0.4) is 0 Å². The molecule has 134 valence electrons. The van der Waals surface area contributed by atoms with Crippen molar-refractivity contribution in [3.05, 3.63) is 0 Å². The van der Waals surface area contributed by atoms with Gasteiger partial charge in [0, 0.05) is 11.4 Å². The number of rotatable bonds is 18. The van der Waals surface area contributed by atoms with E-state index in [2.05, 4.69) is 29.8 Å². The first-order chi connectivity index (χ1) is 10.8. The lowest BCUT2D eigenvalue weighted by Gasteiger charge is -2.10. The zero-order valence-electron chi connectivity index (χ0n) is 15.4. The van der Waals surface area contributed by atoms with Gasteiger partial charge in [0.25, 0.3) is 0 Å². The fourth-order valence-corrected chi connectivity index (χ4v) is 3.29. The highest BCUT2D eigenvalue weighted by molar-refractivity contribution is 9.09. The van der Waals surface area contributed by atoms with Gasteiger partial charge in [0.1, 0.15) is 0 Å². The SMILES string of the molecule is CCCCCCCCCCOCC(Br)CCCCCCCC. The Hall–Kier alpha value is 0.440. The van der Waals surface area contributed by atoms with Gasteiger partial charge in [-0.05, 0) is 12.8 Å². The van der Waals surface area contributed by atoms with Crippen LogP contribution in [0.2, 0.25) is 0 Å². The normalized spacial score (nSPS) is 12.7. The zero-order valence-corrected chi connectivity index (χ0v) is 17.0. The van der Waals surface area contributed by atoms with Gasteiger partial charge in [0.15, 0.2) is 0 Å². The number of hydrogen-bond acceptors (Lipinski definition) is 1. The largest absolute Gasteiger partial charge is 0.380 e. The highest BCUT2D eigenvalue weighted by atomic mass is 79.9. The maximum absolute atomic E-state index is 5.79. The van der Waals surface area contributed by atoms with E-state index in [4.69, 9.17) is 4.74 Å². The van der Waals surface area contributed by atoms with Gasteiger partial charge in [0.2, 0.25) is 0 Å². The van der Waals surface area contributed by atoms with Crippen molar-refractivity contribution in [1.82, 2.24) is 0 Å². The topological polar surface area (TPSA) is 9.23 Å². The quantitative estimate of drug-likeness (QED) is 0.176. The molecule has 0 bridgehead atoms. The van der Waals surface area contributed by atoms with Crippen LogP contribution in [0.5, 0.6) is 0 Å². The third-order valence-corrected chi connectivity index (χ3v) is 5.03. The minimum atomic E-state index is 0.563. The molecule has 1 unspecified atom stereocenters. The number of halogens is 1. The minimum Gasteiger partial charge on any atom is -0.380 e. The van der Waals surface area contributed by atoms with E-state index in [0.717, 1.165) is 13.2 Å². The van der Waals surface area contributed by atoms with Gasteiger partial charge in [-0.1, -0.05) is 113 Å². The summed E-state index contributed by atoms with van der Waals surface area (Å²) in [6.07, 6.45) is 20.6. The van der Waals surface area contributed by atoms with Crippen molar-refractivity contribution < 1.29 is 4.74 Å². The molecule has 0 saturated heterocycles. The Morgan fingerprint density at radius 3 is 1.64 bits per heavy atom. The predicted octanol–water partition coefficient (Wildman–Crippen LogP) is 7.66. The molecule has 0 aromatic rings. The average molecular weight is 377 g/mol. The molecule has 0 aliphatic heterocycles. The Bertz CT molecular complexity index is 196. The van der Waals surface area contributed by atoms with E-state index in [1.54, 1.807) is 0 Å². The summed E-state index contributed by atoms with van der Waals surface area (Å²) < 4.78 is 5.79. The summed E-state index contributed by atoms with van der Waals surface area (Å²) in [7, 11) is 0. The summed E-state index contributed by atoms with van der Waals surface area (Å²) >= 11 is 3.75. The van der Waals surface area contributed by atoms with Crippen LogP contribution in [0.1, 0.15) is 110 Å². The van der Waals surface area contributed by atoms with Crippen molar-refractivity contribution in [2.45, 2.75) is 115 Å². The molecule has 0 aliphatic carbocycles. The van der Waals surface area contributed by atoms with Crippen LogP contribution in [0.4, 0.5) is 0 Å². The lowest BCUT2D eigenvalue weighted by Crippen LogP contribution is -2.09. The number of alkyl halides is 1. The Balaban J connectivity index is 3.10. The summed E-state index contributed by atoms with van der Waals surface area (Å²) in [5.41, 5.74) is 0. The summed E-state index contributed by atoms with van der Waals surface area (Å²) in [4.78, 5) is 0.563. The molecular weight excluding hydrogens is 336 g/mol. The predicted molar refractivity (Wildman–Crippen MR) is 104 cm³/mol. The first-order valence-electron chi connectivity index (χ1n) is 10.0. The Kier molecular flexibility index (Phi) is 19.9. The second-order valence-corrected chi connectivity index (χ2v) is 8.00. The molecule has 0 radical (unpaired) electrons. The highest BCUT2D eigenvalue weighted by Gasteiger charge is 2.03. The van der Waals surface area contributed by atoms with Crippen molar-refractivity contribution in [2.75, 3.05) is 13.2 Å². The molecule has 0 aromatic heterocycles. The monoisotopic (exact) mass is 376 g/mol. The van der Waals surface area contributed by atoms with E-state index in [9.17, 15) is 0 Å². The summed E-state index contributed by atoms with van der Waals surface area (Å²) in [6, 6.07) is 0. The fourth-order valence-electron chi connectivity index (χ4n) is 2.78. The molecule has 0 amide bonds. The zero-order chi connectivity index (χ0) is 16.3. The smallest absolute Gasteiger partial charge is 0.0591 e. The average Bonchev–Trinajstić information content (AvgIpc) is 2.52. The van der Waals surface area contributed by atoms with Crippen LogP contribution in [0, 0.1) is 0 Å². The summed E-state index contributed by atoms with van der Waals surface area (Å²) in [6.45, 7) is 6.40. The summed E-state index contributed by atoms with van der Waals surface area (Å²) in [5, 5.41) is 0. The Labute approximate surface area is 149 Å². The van der Waals surface area contributed by atoms with Gasteiger partial charge in [-0.2, -0.15) is 0 Å². The van der Waals surface area contributed by atoms with E-state index in [-0.39, 0.29) is 0 Å². The van der Waals surface area contributed by atoms with Gasteiger partial charge in [-0.25, -0.2) is 0 Å². The van der Waals surface area contributed by atoms with Gasteiger partial charge < -0.3 is 4.74 Å². The van der Waals surface area contributed by atoms with Crippen molar-refractivity contribution in [2.24, 2.45) is 0 Å². The molecule has 1 atom stereocenters. The van der Waals surface area contributed by atoms with Gasteiger partial charge in [0.05, 0.1) is 6.61 Å². The lowest BCUT2D eigenvalue weighted by molar-refractivity contribution is 0.130. The second-order valence-electron chi connectivity index (χ2n) is 6.70. The van der Waals surface area contributed by atoms with Crippen LogP contribution < -0.4 is 0 Å². The van der Waals surface area contributed by atoms with Crippen LogP contribution in [0.25, 0.3) is 0 Å². The van der Waals surface area contributed by atoms with E-state index >= 15 is 0 Å². The van der Waals surface area contributed by atoms with Crippen LogP contribution in [-0.2, 0) is 4.74 Å². The van der Waals surface area contributed by atoms with Crippen molar-refractivity contribution in [3.63, 3.8) is 0 Å². The molecule has 22 heavy (non-hydrogen) atoms. The molecule has 0 aliphatic rings. The summed E-state index contributed by atoms with van der Waals surface area (Å²) in [5.74, 6) is 0. The molecule has 1 nitrogen and oxygen atoms in total. The molecule has 0 N–H and O–H groups in total. The Morgan fingerprint density at radius 2 is 1.09 bits per heavy atom. The van der Waals surface area contributed by atoms with E-state index < -0.39 is 0 Å². The van der Waals surface area contributed by atoms with E-state index in [1.807, 2.05) is 0 Å². The van der Waals surface area contributed by atoms with E-state index in [0.29, 0.717) is 4.83 Å². The molecule has 0 rings (SSSR count). The third-order valence-electron chi connectivity index (χ3n) is 4.31. The highest BCUT2D eigenvalue weighted by Crippen LogP contribution is 2.14. The minimum absolute atomic E-state index is 0.563. The molecule has 0 saturated carbocycles. The van der Waals surface area contributed by atoms with Gasteiger partial charge in [-0.15, -0.1) is 0 Å². The first-order valence-corrected chi connectivity index (χ1v) is 10.9. The maximum Gasteiger partial charge on any atom is 0.0591 e. The maximum atomic E-state index is 5.79. The Morgan fingerprint density at radius 1 is 0.636 bits per heavy atom. The van der Waals surface area contributed by atoms with Crippen LogP contribution >= 0.6 is 15.9 Å². The molecule has 0 spiro atoms. The molecule has 0 aromatic carbocycles. The molecule has 0 fully saturated rings. The molecule has 2 heteroatoms. The number of unbranched alkanes of at least 4 members (excludes halogenated alkanes) is 12. The van der Waals surface area contributed by atoms with Crippen LogP contribution in [0.15, 0.2) is 0 Å². The second kappa shape index (κ2) is 19.5. The van der Waals surface area contributed by atoms with Crippen molar-refractivity contribution in [3.8, 4) is 0 Å². The van der Waals surface area contributed by atoms with Gasteiger partial charge in [-0.3, -0.25) is 0 Å². The molecule has 0 heterocycles. The van der Waals surface area contributed by atoms with Gasteiger partial charge >= 0.3 is 0 Å². The van der Waals surface area contributed by atoms with E-state index in [1.165, 1.54) is 96.3 Å². The lowest BCUT2D eigenvalue weighted by atomic mass is 10.1. The standard InChI is InChI=1S/C20H41BrO/c1-3-5-7-9-11-12-14-16-18-22-19-20(21)17-15-13-10-8-6-4-2/h20H,3-19H2,1-2H3. The third kappa shape index (κ3) is 18.5. The fraction of sp³-hybridized carbons (Fsp3) is 1.00. The molecular formula is C20H41BrO. The van der Waals surface area contributed by atoms with Crippen molar-refractivity contribution >= 4 is 15.9 Å².